The van der Waals surface area contributed by atoms with E-state index < -0.39 is 5.60 Å². The van der Waals surface area contributed by atoms with Crippen LogP contribution in [0.5, 0.6) is 5.75 Å². The molecule has 10 heteroatoms. The first-order valence-electron chi connectivity index (χ1n) is 10.4. The van der Waals surface area contributed by atoms with Crippen molar-refractivity contribution in [1.29, 1.82) is 0 Å². The molecule has 4 rings (SSSR count). The average Bonchev–Trinajstić information content (AvgIpc) is 3.23. The number of aromatic nitrogens is 2. The Hall–Kier alpha value is -3.01. The van der Waals surface area contributed by atoms with Crippen LogP contribution in [0.15, 0.2) is 42.5 Å². The van der Waals surface area contributed by atoms with Crippen LogP contribution in [0.4, 0.5) is 5.13 Å². The number of rotatable bonds is 6. The third-order valence-electron chi connectivity index (χ3n) is 5.17. The minimum absolute atomic E-state index is 0.190. The standard InChI is InChI=1S/C23H23ClN4O4S/c1-23(2,31)21(30)28-10-9-14-11-15(7-8-16(14)12-28)20(29)25-22-27-26-19(33-22)13-32-18-6-4-3-5-17(18)24/h3-8,11,31H,9-10,12-13H2,1-2H3,(H,25,27,29). The highest BCUT2D eigenvalue weighted by atomic mass is 35.5. The molecule has 0 atom stereocenters. The summed E-state index contributed by atoms with van der Waals surface area (Å²) in [6.07, 6.45) is 0.612. The van der Waals surface area contributed by atoms with Crippen molar-refractivity contribution in [3.63, 3.8) is 0 Å². The van der Waals surface area contributed by atoms with Gasteiger partial charge in [0.1, 0.15) is 18.0 Å². The van der Waals surface area contributed by atoms with Gasteiger partial charge in [-0.1, -0.05) is 41.1 Å². The van der Waals surface area contributed by atoms with E-state index in [0.717, 1.165) is 11.1 Å². The summed E-state index contributed by atoms with van der Waals surface area (Å²) in [7, 11) is 0. The lowest BCUT2D eigenvalue weighted by Crippen LogP contribution is -2.47. The van der Waals surface area contributed by atoms with Crippen LogP contribution >= 0.6 is 22.9 Å². The first kappa shape index (κ1) is 23.2. The molecule has 0 fully saturated rings. The predicted octanol–water partition coefficient (Wildman–Crippen LogP) is 3.68. The fraction of sp³-hybridized carbons (Fsp3) is 0.304. The number of fused-ring (bicyclic) bond motifs is 1. The van der Waals surface area contributed by atoms with Crippen LogP contribution in [0.25, 0.3) is 0 Å². The van der Waals surface area contributed by atoms with Crippen molar-refractivity contribution in [2.75, 3.05) is 11.9 Å². The lowest BCUT2D eigenvalue weighted by Gasteiger charge is -2.33. The zero-order chi connectivity index (χ0) is 23.6. The van der Waals surface area contributed by atoms with Crippen molar-refractivity contribution < 1.29 is 19.4 Å². The van der Waals surface area contributed by atoms with E-state index in [9.17, 15) is 14.7 Å². The van der Waals surface area contributed by atoms with E-state index in [4.69, 9.17) is 16.3 Å². The van der Waals surface area contributed by atoms with Gasteiger partial charge in [0.25, 0.3) is 11.8 Å². The third-order valence-corrected chi connectivity index (χ3v) is 6.29. The van der Waals surface area contributed by atoms with E-state index in [1.807, 2.05) is 24.3 Å². The second-order valence-corrected chi connectivity index (χ2v) is 9.66. The minimum atomic E-state index is -1.41. The summed E-state index contributed by atoms with van der Waals surface area (Å²) >= 11 is 7.31. The molecule has 1 aliphatic heterocycles. The maximum Gasteiger partial charge on any atom is 0.257 e. The summed E-state index contributed by atoms with van der Waals surface area (Å²) in [6, 6.07) is 12.5. The molecule has 0 bridgehead atoms. The Labute approximate surface area is 200 Å². The second kappa shape index (κ2) is 9.46. The highest BCUT2D eigenvalue weighted by Crippen LogP contribution is 2.26. The Bertz CT molecular complexity index is 1190. The van der Waals surface area contributed by atoms with Crippen LogP contribution in [0.1, 0.15) is 40.3 Å². The summed E-state index contributed by atoms with van der Waals surface area (Å²) in [5.74, 6) is -0.0418. The van der Waals surface area contributed by atoms with Crippen LogP contribution in [0, 0.1) is 0 Å². The Balaban J connectivity index is 1.37. The maximum absolute atomic E-state index is 12.7. The number of anilines is 1. The molecule has 33 heavy (non-hydrogen) atoms. The molecule has 2 amide bonds. The van der Waals surface area contributed by atoms with Gasteiger partial charge in [-0.15, -0.1) is 10.2 Å². The van der Waals surface area contributed by atoms with Gasteiger partial charge in [-0.05, 0) is 55.7 Å². The first-order chi connectivity index (χ1) is 15.7. The number of nitrogens with one attached hydrogen (secondary N) is 1. The Morgan fingerprint density at radius 2 is 2.00 bits per heavy atom. The third kappa shape index (κ3) is 5.50. The fourth-order valence-corrected chi connectivity index (χ4v) is 4.33. The zero-order valence-corrected chi connectivity index (χ0v) is 19.7. The normalized spacial score (nSPS) is 13.4. The summed E-state index contributed by atoms with van der Waals surface area (Å²) in [6.45, 7) is 4.06. The van der Waals surface area contributed by atoms with Gasteiger partial charge in [-0.3, -0.25) is 14.9 Å². The average molecular weight is 487 g/mol. The number of carbonyl (C=O) groups is 2. The van der Waals surface area contributed by atoms with Gasteiger partial charge in [0, 0.05) is 18.7 Å². The van der Waals surface area contributed by atoms with Gasteiger partial charge in [0.05, 0.1) is 5.02 Å². The van der Waals surface area contributed by atoms with Crippen molar-refractivity contribution in [2.24, 2.45) is 0 Å². The molecule has 0 unspecified atom stereocenters. The number of nitrogens with zero attached hydrogens (tertiary/aromatic N) is 3. The van der Waals surface area contributed by atoms with Gasteiger partial charge >= 0.3 is 0 Å². The molecule has 0 aliphatic carbocycles. The number of aliphatic hydroxyl groups is 1. The van der Waals surface area contributed by atoms with Gasteiger partial charge in [0.15, 0.2) is 5.01 Å². The zero-order valence-electron chi connectivity index (χ0n) is 18.2. The van der Waals surface area contributed by atoms with Crippen molar-refractivity contribution >= 4 is 39.9 Å². The number of ether oxygens (including phenoxy) is 1. The molecule has 2 heterocycles. The molecule has 0 spiro atoms. The van der Waals surface area contributed by atoms with Gasteiger partial charge < -0.3 is 14.7 Å². The molecule has 0 saturated carbocycles. The molecule has 2 N–H and O–H groups in total. The van der Waals surface area contributed by atoms with Gasteiger partial charge in [-0.25, -0.2) is 0 Å². The Kier molecular flexibility index (Phi) is 6.64. The molecular weight excluding hydrogens is 464 g/mol. The molecule has 0 radical (unpaired) electrons. The van der Waals surface area contributed by atoms with Gasteiger partial charge in [-0.2, -0.15) is 0 Å². The molecule has 1 aromatic heterocycles. The van der Waals surface area contributed by atoms with E-state index in [1.165, 1.54) is 25.2 Å². The van der Waals surface area contributed by atoms with Gasteiger partial charge in [0.2, 0.25) is 5.13 Å². The van der Waals surface area contributed by atoms with Crippen LogP contribution < -0.4 is 10.1 Å². The number of hydrogen-bond donors (Lipinski definition) is 2. The SMILES string of the molecule is CC(C)(O)C(=O)N1CCc2cc(C(=O)Nc3nnc(COc4ccccc4Cl)s3)ccc2C1. The number of carbonyl (C=O) groups excluding carboxylic acids is 2. The molecular formula is C23H23ClN4O4S. The number of para-hydroxylation sites is 1. The maximum atomic E-state index is 12.7. The highest BCUT2D eigenvalue weighted by Gasteiger charge is 2.31. The van der Waals surface area contributed by atoms with E-state index in [-0.39, 0.29) is 18.4 Å². The minimum Gasteiger partial charge on any atom is -0.485 e. The topological polar surface area (TPSA) is 105 Å². The molecule has 8 nitrogen and oxygen atoms in total. The highest BCUT2D eigenvalue weighted by molar-refractivity contribution is 7.15. The summed E-state index contributed by atoms with van der Waals surface area (Å²) in [5.41, 5.74) is 1.06. The van der Waals surface area contributed by atoms with Crippen LogP contribution in [-0.4, -0.2) is 44.2 Å². The number of hydrogen-bond acceptors (Lipinski definition) is 7. The predicted molar refractivity (Wildman–Crippen MR) is 126 cm³/mol. The largest absolute Gasteiger partial charge is 0.485 e. The van der Waals surface area contributed by atoms with E-state index in [2.05, 4.69) is 15.5 Å². The van der Waals surface area contributed by atoms with Crippen LogP contribution in [0.3, 0.4) is 0 Å². The summed E-state index contributed by atoms with van der Waals surface area (Å²) < 4.78 is 5.65. The monoisotopic (exact) mass is 486 g/mol. The number of amides is 2. The van der Waals surface area contributed by atoms with E-state index >= 15 is 0 Å². The number of halogens is 1. The molecule has 2 aromatic carbocycles. The Morgan fingerprint density at radius 3 is 2.76 bits per heavy atom. The fourth-order valence-electron chi connectivity index (χ4n) is 3.49. The number of benzene rings is 2. The second-order valence-electron chi connectivity index (χ2n) is 8.19. The lowest BCUT2D eigenvalue weighted by molar-refractivity contribution is -0.148. The van der Waals surface area contributed by atoms with E-state index in [1.54, 1.807) is 23.1 Å². The van der Waals surface area contributed by atoms with Crippen LogP contribution in [-0.2, 0) is 24.4 Å². The smallest absolute Gasteiger partial charge is 0.257 e. The van der Waals surface area contributed by atoms with E-state index in [0.29, 0.717) is 46.0 Å². The molecule has 3 aromatic rings. The summed E-state index contributed by atoms with van der Waals surface area (Å²) in [5, 5.41) is 22.3. The van der Waals surface area contributed by atoms with Crippen LogP contribution in [0.2, 0.25) is 5.02 Å². The Morgan fingerprint density at radius 1 is 1.21 bits per heavy atom. The van der Waals surface area contributed by atoms with Crippen molar-refractivity contribution in [2.45, 2.75) is 39.0 Å². The van der Waals surface area contributed by atoms with Crippen molar-refractivity contribution in [1.82, 2.24) is 15.1 Å². The first-order valence-corrected chi connectivity index (χ1v) is 11.5. The molecule has 1 aliphatic rings. The molecule has 0 saturated heterocycles. The van der Waals surface area contributed by atoms with Crippen molar-refractivity contribution in [3.8, 4) is 5.75 Å². The lowest BCUT2D eigenvalue weighted by atomic mass is 9.95. The van der Waals surface area contributed by atoms with Crippen molar-refractivity contribution in [3.05, 3.63) is 69.2 Å². The molecule has 172 valence electrons. The summed E-state index contributed by atoms with van der Waals surface area (Å²) in [4.78, 5) is 26.7. The quantitative estimate of drug-likeness (QED) is 0.550.